The third-order valence-electron chi connectivity index (χ3n) is 41.8. The van der Waals surface area contributed by atoms with Gasteiger partial charge in [0.15, 0.2) is 0 Å². The van der Waals surface area contributed by atoms with Crippen LogP contribution in [0.25, 0.3) is 0 Å². The van der Waals surface area contributed by atoms with E-state index in [2.05, 4.69) is 111 Å². The maximum atomic E-state index is 13.7. The smallest absolute Gasteiger partial charge is 0.313 e. The molecule has 0 spiro atoms. The fraction of sp³-hybridized carbons (Fsp3) is 0.946. The van der Waals surface area contributed by atoms with Crippen LogP contribution in [0.2, 0.25) is 0 Å². The summed E-state index contributed by atoms with van der Waals surface area (Å²) >= 11 is 0. The lowest BCUT2D eigenvalue weighted by atomic mass is 9.63. The molecule has 0 amide bonds. The molecule has 724 valence electrons. The highest BCUT2D eigenvalue weighted by Crippen LogP contribution is 2.72. The van der Waals surface area contributed by atoms with Gasteiger partial charge in [-0.1, -0.05) is 156 Å². The van der Waals surface area contributed by atoms with E-state index in [1.165, 1.54) is 141 Å². The Morgan fingerprint density at radius 3 is 1.12 bits per heavy atom. The van der Waals surface area contributed by atoms with Gasteiger partial charge < -0.3 is 42.6 Å². The Morgan fingerprint density at radius 1 is 0.331 bits per heavy atom. The van der Waals surface area contributed by atoms with Gasteiger partial charge in [-0.3, -0.25) is 28.8 Å². The number of hydrogen-bond acceptors (Lipinski definition) is 15. The Labute approximate surface area is 772 Å². The highest BCUT2D eigenvalue weighted by molar-refractivity contribution is 5.84. The van der Waals surface area contributed by atoms with E-state index < -0.39 is 11.8 Å². The Hall–Kier alpha value is -3.30. The number of hydrogen-bond donors (Lipinski definition) is 0. The fourth-order valence-electron chi connectivity index (χ4n) is 34.8. The summed E-state index contributed by atoms with van der Waals surface area (Å²) in [6.07, 6.45) is 53.5. The van der Waals surface area contributed by atoms with Gasteiger partial charge in [0.1, 0.15) is 33.6 Å². The first kappa shape index (κ1) is 99.7. The van der Waals surface area contributed by atoms with E-state index in [1.807, 2.05) is 13.8 Å². The molecule has 15 heteroatoms. The first-order valence-electron chi connectivity index (χ1n) is 55.3. The number of fused-ring (bicyclic) bond motifs is 17. The molecular weight excluding hydrogens is 1590 g/mol. The lowest BCUT2D eigenvalue weighted by Gasteiger charge is -2.43. The highest BCUT2D eigenvalue weighted by atomic mass is 16.6. The third kappa shape index (κ3) is 19.1. The van der Waals surface area contributed by atoms with Gasteiger partial charge in [-0.05, 0) is 401 Å². The van der Waals surface area contributed by atoms with Crippen LogP contribution in [0.4, 0.5) is 0 Å². The van der Waals surface area contributed by atoms with Crippen LogP contribution in [0.3, 0.4) is 0 Å². The summed E-state index contributed by atoms with van der Waals surface area (Å²) in [5.74, 6) is 15.7. The molecule has 16 aliphatic carbocycles. The Morgan fingerprint density at radius 2 is 0.709 bits per heavy atom. The van der Waals surface area contributed by atoms with Crippen LogP contribution in [0.1, 0.15) is 433 Å². The van der Waals surface area contributed by atoms with E-state index in [9.17, 15) is 28.8 Å². The SMILES string of the molecule is CCC1CC(CC)C2C1C1CC2C(C)(C(=O)OC2(CC)CCCC2)C1.CCC1CC(CC)C2C3CC(C(C)C3C(=O)OC3(CC)CCCC3)C12.CCC1CC(CC)C2C3CC(CC3C(=O)OC3(CC)CCCC3)C12.CCC1OC(CC)C(C(=O)OC2(CC)CC3CCC2C3)C1C(=O)OC1(CC)CCCC1.CCC1OC(CC)C(C(=O)OC2(CC)CCCC2)C1COC. The zero-order valence-corrected chi connectivity index (χ0v) is 84.2. The van der Waals surface area contributed by atoms with Crippen LogP contribution in [-0.2, 0) is 71.4 Å². The lowest BCUT2D eigenvalue weighted by molar-refractivity contribution is -0.181. The Bertz CT molecular complexity index is 3590. The second-order valence-corrected chi connectivity index (χ2v) is 46.8. The topological polar surface area (TPSA) is 185 Å². The number of rotatable bonds is 30. The largest absolute Gasteiger partial charge is 0.459 e. The van der Waals surface area contributed by atoms with Crippen molar-refractivity contribution in [3.05, 3.63) is 0 Å². The van der Waals surface area contributed by atoms with Crippen LogP contribution in [-0.4, -0.2) is 108 Å². The monoisotopic (exact) mass is 1770 g/mol. The summed E-state index contributed by atoms with van der Waals surface area (Å²) in [5, 5.41) is 0. The van der Waals surface area contributed by atoms with E-state index in [0.717, 1.165) is 243 Å². The number of esters is 6. The Kier molecular flexibility index (Phi) is 33.1. The predicted octanol–water partition coefficient (Wildman–Crippen LogP) is 26.7. The van der Waals surface area contributed by atoms with Gasteiger partial charge in [0, 0.05) is 13.0 Å². The number of methoxy groups -OCH3 is 1. The maximum absolute atomic E-state index is 13.7. The molecule has 0 aromatic rings. The van der Waals surface area contributed by atoms with E-state index in [-0.39, 0.29) is 123 Å². The second-order valence-electron chi connectivity index (χ2n) is 46.8. The summed E-state index contributed by atoms with van der Waals surface area (Å²) in [7, 11) is 1.69. The van der Waals surface area contributed by atoms with Gasteiger partial charge >= 0.3 is 35.8 Å². The predicted molar refractivity (Wildman–Crippen MR) is 503 cm³/mol. The molecule has 33 unspecified atom stereocenters. The average Bonchev–Trinajstić information content (AvgIpc) is 1.81. The minimum atomic E-state index is -0.557. The average molecular weight is 1770 g/mol. The van der Waals surface area contributed by atoms with Crippen molar-refractivity contribution in [2.75, 3.05) is 13.7 Å². The highest BCUT2D eigenvalue weighted by Gasteiger charge is 2.69. The van der Waals surface area contributed by atoms with Gasteiger partial charge in [-0.2, -0.15) is 0 Å². The number of carbonyl (C=O) groups is 6. The molecule has 15 nitrogen and oxygen atoms in total. The number of ether oxygens (including phenoxy) is 9. The van der Waals surface area contributed by atoms with Gasteiger partial charge in [0.05, 0.1) is 66.0 Å². The van der Waals surface area contributed by atoms with Crippen molar-refractivity contribution in [2.24, 2.45) is 165 Å². The normalized spacial score (nSPS) is 43.1. The molecule has 2 aliphatic heterocycles. The maximum Gasteiger partial charge on any atom is 0.313 e. The van der Waals surface area contributed by atoms with Crippen molar-refractivity contribution in [1.82, 2.24) is 0 Å². The van der Waals surface area contributed by atoms with Gasteiger partial charge in [0.2, 0.25) is 0 Å². The van der Waals surface area contributed by atoms with Gasteiger partial charge in [0.25, 0.3) is 0 Å². The standard InChI is InChI=1S/C26H42O5.2C23H38O2.C22H36O2.C18H32O4/c1-5-19-21(23(27)30-25(7-3)13-9-10-14-25)22(20(6-2)29-19)24(28)31-26(8-4)16-17-11-12-18(26)15-17;1-5-15-12-16(6-2)20-18-13-17(19(15)20)14-22(18,4)21(24)25-23(7-3)10-8-9-11-23;1-5-15-12-16(6-2)21-18-13-17(20(15)21)14(4)19(18)22(24)25-23(7-3)10-8-9-11-23;1-4-14-11-15(5-2)20-17-12-16(19(14)20)13-18(17)21(23)24-22(6-3)9-7-8-10-22;1-5-14-13(12-20-4)16(15(6-2)21-14)17(19)22-18(7-3)10-8-9-11-18/h17-22H,5-16H2,1-4H3;15-20H,5-14H2,1-4H3;14-21H,5-13H2,1-4H3;14-20H,4-13H2,1-3H3;13-16H,5-12H2,1-4H3. The third-order valence-corrected chi connectivity index (χ3v) is 41.8. The van der Waals surface area contributed by atoms with Crippen LogP contribution in [0.15, 0.2) is 0 Å². The van der Waals surface area contributed by atoms with E-state index >= 15 is 0 Å². The van der Waals surface area contributed by atoms with Crippen LogP contribution in [0.5, 0.6) is 0 Å². The van der Waals surface area contributed by atoms with E-state index in [0.29, 0.717) is 55.0 Å². The zero-order chi connectivity index (χ0) is 90.9. The molecule has 16 saturated carbocycles. The molecule has 0 aromatic heterocycles. The van der Waals surface area contributed by atoms with Crippen molar-refractivity contribution in [1.29, 1.82) is 0 Å². The minimum Gasteiger partial charge on any atom is -0.459 e. The van der Waals surface area contributed by atoms with Gasteiger partial charge in [-0.15, -0.1) is 0 Å². The molecule has 18 fully saturated rings. The zero-order valence-electron chi connectivity index (χ0n) is 84.2. The van der Waals surface area contributed by atoms with Crippen molar-refractivity contribution in [2.45, 2.75) is 491 Å². The second kappa shape index (κ2) is 42.1. The van der Waals surface area contributed by atoms with Crippen molar-refractivity contribution < 1.29 is 71.4 Å². The molecule has 127 heavy (non-hydrogen) atoms. The molecule has 0 N–H and O–H groups in total. The van der Waals surface area contributed by atoms with Gasteiger partial charge in [-0.25, -0.2) is 0 Å². The molecule has 18 aliphatic rings. The number of carbonyl (C=O) groups excluding carboxylic acids is 6. The Balaban J connectivity index is 0.000000129. The van der Waals surface area contributed by atoms with Crippen molar-refractivity contribution in [3.8, 4) is 0 Å². The van der Waals surface area contributed by atoms with Crippen molar-refractivity contribution >= 4 is 35.8 Å². The summed E-state index contributed by atoms with van der Waals surface area (Å²) in [6, 6.07) is 0. The molecule has 8 bridgehead atoms. The summed E-state index contributed by atoms with van der Waals surface area (Å²) < 4.78 is 55.2. The van der Waals surface area contributed by atoms with Crippen LogP contribution < -0.4 is 0 Å². The summed E-state index contributed by atoms with van der Waals surface area (Å²) in [6.45, 7) is 40.7. The summed E-state index contributed by atoms with van der Waals surface area (Å²) in [4.78, 5) is 79.8. The van der Waals surface area contributed by atoms with Crippen molar-refractivity contribution in [3.63, 3.8) is 0 Å². The first-order valence-corrected chi connectivity index (χ1v) is 55.3. The first-order chi connectivity index (χ1) is 61.2. The molecule has 18 rings (SSSR count). The molecule has 2 heterocycles. The molecule has 33 atom stereocenters. The molecular formula is C112H186O15. The van der Waals surface area contributed by atoms with Crippen LogP contribution >= 0.6 is 0 Å². The molecule has 0 aromatic carbocycles. The molecule has 2 saturated heterocycles. The van der Waals surface area contributed by atoms with E-state index in [4.69, 9.17) is 42.6 Å². The molecule has 0 radical (unpaired) electrons. The lowest BCUT2D eigenvalue weighted by Crippen LogP contribution is -2.46. The summed E-state index contributed by atoms with van der Waals surface area (Å²) in [5.41, 5.74) is -1.48. The van der Waals surface area contributed by atoms with Crippen LogP contribution in [0, 0.1) is 165 Å². The fourth-order valence-corrected chi connectivity index (χ4v) is 34.8. The van der Waals surface area contributed by atoms with E-state index in [1.54, 1.807) is 7.11 Å². The minimum absolute atomic E-state index is 0.0343. The quantitative estimate of drug-likeness (QED) is 0.0488.